The molecule has 0 radical (unpaired) electrons. The SMILES string of the molecule is Cc1cc(N)ccc1-c1ccc2c(c1)CCC2. The number of benzene rings is 2. The van der Waals surface area contributed by atoms with Crippen LogP contribution in [0.1, 0.15) is 23.1 Å². The maximum atomic E-state index is 5.80. The fourth-order valence-electron chi connectivity index (χ4n) is 2.75. The van der Waals surface area contributed by atoms with Crippen LogP contribution in [0, 0.1) is 6.92 Å². The summed E-state index contributed by atoms with van der Waals surface area (Å²) in [6, 6.07) is 13.0. The highest BCUT2D eigenvalue weighted by Gasteiger charge is 2.12. The molecule has 0 fully saturated rings. The standard InChI is InChI=1S/C16H17N/c1-11-9-15(17)7-8-16(11)14-6-5-12-3-2-4-13(12)10-14/h5-10H,2-4,17H2,1H3. The van der Waals surface area contributed by atoms with Gasteiger partial charge in [0.1, 0.15) is 0 Å². The van der Waals surface area contributed by atoms with Gasteiger partial charge in [0.05, 0.1) is 0 Å². The molecule has 0 saturated carbocycles. The van der Waals surface area contributed by atoms with Crippen molar-refractivity contribution in [2.75, 3.05) is 5.73 Å². The Balaban J connectivity index is 2.09. The van der Waals surface area contributed by atoms with Crippen molar-refractivity contribution < 1.29 is 0 Å². The normalized spacial score (nSPS) is 13.7. The number of hydrogen-bond acceptors (Lipinski definition) is 1. The molecule has 17 heavy (non-hydrogen) atoms. The monoisotopic (exact) mass is 223 g/mol. The Morgan fingerprint density at radius 2 is 1.76 bits per heavy atom. The molecule has 0 spiro atoms. The van der Waals surface area contributed by atoms with Crippen molar-refractivity contribution in [2.45, 2.75) is 26.2 Å². The van der Waals surface area contributed by atoms with Crippen LogP contribution in [0.3, 0.4) is 0 Å². The average molecular weight is 223 g/mol. The zero-order chi connectivity index (χ0) is 11.8. The van der Waals surface area contributed by atoms with Gasteiger partial charge in [-0.05, 0) is 66.1 Å². The van der Waals surface area contributed by atoms with E-state index in [1.54, 1.807) is 0 Å². The lowest BCUT2D eigenvalue weighted by atomic mass is 9.97. The van der Waals surface area contributed by atoms with Gasteiger partial charge in [-0.15, -0.1) is 0 Å². The quantitative estimate of drug-likeness (QED) is 0.732. The minimum Gasteiger partial charge on any atom is -0.399 e. The van der Waals surface area contributed by atoms with E-state index in [0.717, 1.165) is 5.69 Å². The number of nitrogen functional groups attached to an aromatic ring is 1. The smallest absolute Gasteiger partial charge is 0.0317 e. The third-order valence-electron chi connectivity index (χ3n) is 3.66. The predicted octanol–water partition coefficient (Wildman–Crippen LogP) is 3.73. The number of fused-ring (bicyclic) bond motifs is 1. The van der Waals surface area contributed by atoms with Crippen molar-refractivity contribution in [3.63, 3.8) is 0 Å². The summed E-state index contributed by atoms with van der Waals surface area (Å²) < 4.78 is 0. The van der Waals surface area contributed by atoms with E-state index in [1.165, 1.54) is 47.1 Å². The van der Waals surface area contributed by atoms with E-state index in [2.05, 4.69) is 31.2 Å². The van der Waals surface area contributed by atoms with Gasteiger partial charge in [-0.25, -0.2) is 0 Å². The van der Waals surface area contributed by atoms with Crippen molar-refractivity contribution in [1.29, 1.82) is 0 Å². The van der Waals surface area contributed by atoms with E-state index in [4.69, 9.17) is 5.73 Å². The molecule has 1 heteroatoms. The number of hydrogen-bond donors (Lipinski definition) is 1. The highest BCUT2D eigenvalue weighted by atomic mass is 14.5. The molecule has 86 valence electrons. The summed E-state index contributed by atoms with van der Waals surface area (Å²) in [5.41, 5.74) is 13.6. The Bertz CT molecular complexity index is 570. The molecular weight excluding hydrogens is 206 g/mol. The summed E-state index contributed by atoms with van der Waals surface area (Å²) in [7, 11) is 0. The van der Waals surface area contributed by atoms with Crippen molar-refractivity contribution in [3.05, 3.63) is 53.1 Å². The Morgan fingerprint density at radius 3 is 2.59 bits per heavy atom. The van der Waals surface area contributed by atoms with Crippen molar-refractivity contribution in [1.82, 2.24) is 0 Å². The summed E-state index contributed by atoms with van der Waals surface area (Å²) in [5, 5.41) is 0. The Hall–Kier alpha value is -1.76. The molecule has 0 atom stereocenters. The number of rotatable bonds is 1. The van der Waals surface area contributed by atoms with Crippen LogP contribution in [0.15, 0.2) is 36.4 Å². The summed E-state index contributed by atoms with van der Waals surface area (Å²) in [6.07, 6.45) is 3.78. The first-order valence-corrected chi connectivity index (χ1v) is 6.22. The fourth-order valence-corrected chi connectivity index (χ4v) is 2.75. The van der Waals surface area contributed by atoms with Gasteiger partial charge < -0.3 is 5.73 Å². The summed E-state index contributed by atoms with van der Waals surface area (Å²) >= 11 is 0. The van der Waals surface area contributed by atoms with Crippen molar-refractivity contribution in [3.8, 4) is 11.1 Å². The summed E-state index contributed by atoms with van der Waals surface area (Å²) in [6.45, 7) is 2.12. The lowest BCUT2D eigenvalue weighted by Gasteiger charge is -2.09. The molecule has 3 rings (SSSR count). The van der Waals surface area contributed by atoms with Gasteiger partial charge in [-0.1, -0.05) is 24.3 Å². The lowest BCUT2D eigenvalue weighted by Crippen LogP contribution is -1.90. The molecule has 0 unspecified atom stereocenters. The van der Waals surface area contributed by atoms with E-state index < -0.39 is 0 Å². The molecule has 0 aromatic heterocycles. The van der Waals surface area contributed by atoms with E-state index in [0.29, 0.717) is 0 Å². The number of anilines is 1. The van der Waals surface area contributed by atoms with E-state index in [1.807, 2.05) is 12.1 Å². The van der Waals surface area contributed by atoms with Crippen LogP contribution in [-0.4, -0.2) is 0 Å². The van der Waals surface area contributed by atoms with Crippen molar-refractivity contribution in [2.24, 2.45) is 0 Å². The first-order valence-electron chi connectivity index (χ1n) is 6.22. The van der Waals surface area contributed by atoms with Gasteiger partial charge in [0.25, 0.3) is 0 Å². The van der Waals surface area contributed by atoms with Gasteiger partial charge in [0.15, 0.2) is 0 Å². The van der Waals surface area contributed by atoms with Crippen LogP contribution in [0.5, 0.6) is 0 Å². The lowest BCUT2D eigenvalue weighted by molar-refractivity contribution is 0.912. The number of nitrogens with two attached hydrogens (primary N) is 1. The summed E-state index contributed by atoms with van der Waals surface area (Å²) in [5.74, 6) is 0. The zero-order valence-electron chi connectivity index (χ0n) is 10.2. The molecule has 2 aromatic carbocycles. The molecule has 2 aromatic rings. The molecule has 1 aliphatic carbocycles. The first kappa shape index (κ1) is 10.4. The minimum atomic E-state index is 0.840. The van der Waals surface area contributed by atoms with Crippen LogP contribution in [-0.2, 0) is 12.8 Å². The third kappa shape index (κ3) is 1.82. The number of aryl methyl sites for hydroxylation is 3. The first-order chi connectivity index (χ1) is 8.24. The van der Waals surface area contributed by atoms with Crippen molar-refractivity contribution >= 4 is 5.69 Å². The second kappa shape index (κ2) is 3.92. The van der Waals surface area contributed by atoms with E-state index >= 15 is 0 Å². The Kier molecular flexibility index (Phi) is 2.40. The van der Waals surface area contributed by atoms with Gasteiger partial charge in [-0.2, -0.15) is 0 Å². The Labute approximate surface area is 102 Å². The molecule has 0 bridgehead atoms. The van der Waals surface area contributed by atoms with Gasteiger partial charge in [-0.3, -0.25) is 0 Å². The molecular formula is C16H17N. The van der Waals surface area contributed by atoms with E-state index in [-0.39, 0.29) is 0 Å². The second-order valence-electron chi connectivity index (χ2n) is 4.91. The molecule has 0 aliphatic heterocycles. The molecule has 0 amide bonds. The van der Waals surface area contributed by atoms with Crippen LogP contribution in [0.4, 0.5) is 5.69 Å². The molecule has 2 N–H and O–H groups in total. The zero-order valence-corrected chi connectivity index (χ0v) is 10.2. The highest BCUT2D eigenvalue weighted by Crippen LogP contribution is 2.30. The van der Waals surface area contributed by atoms with Crippen LogP contribution < -0.4 is 5.73 Å². The topological polar surface area (TPSA) is 26.0 Å². The summed E-state index contributed by atoms with van der Waals surface area (Å²) in [4.78, 5) is 0. The minimum absolute atomic E-state index is 0.840. The largest absolute Gasteiger partial charge is 0.399 e. The highest BCUT2D eigenvalue weighted by molar-refractivity contribution is 5.70. The second-order valence-corrected chi connectivity index (χ2v) is 4.91. The average Bonchev–Trinajstić information content (AvgIpc) is 2.75. The maximum Gasteiger partial charge on any atom is 0.0317 e. The van der Waals surface area contributed by atoms with Gasteiger partial charge in [0.2, 0.25) is 0 Å². The predicted molar refractivity (Wildman–Crippen MR) is 73.1 cm³/mol. The third-order valence-corrected chi connectivity index (χ3v) is 3.66. The van der Waals surface area contributed by atoms with Gasteiger partial charge >= 0.3 is 0 Å². The van der Waals surface area contributed by atoms with Crippen LogP contribution in [0.2, 0.25) is 0 Å². The van der Waals surface area contributed by atoms with E-state index in [9.17, 15) is 0 Å². The Morgan fingerprint density at radius 1 is 0.941 bits per heavy atom. The molecule has 1 nitrogen and oxygen atoms in total. The molecule has 0 heterocycles. The fraction of sp³-hybridized carbons (Fsp3) is 0.250. The van der Waals surface area contributed by atoms with Crippen LogP contribution >= 0.6 is 0 Å². The molecule has 0 saturated heterocycles. The maximum absolute atomic E-state index is 5.80. The molecule has 1 aliphatic rings. The van der Waals surface area contributed by atoms with Crippen LogP contribution in [0.25, 0.3) is 11.1 Å². The van der Waals surface area contributed by atoms with Gasteiger partial charge in [0, 0.05) is 5.69 Å².